The first-order chi connectivity index (χ1) is 53.1. The number of hydrogen-bond acceptors (Lipinski definition) is 13. The number of likely N-dealkylation sites (N-methyl/N-ethyl adjacent to an activating group) is 1. The van der Waals surface area contributed by atoms with Crippen molar-refractivity contribution in [2.75, 3.05) is 20.1 Å². The molecule has 2 aromatic carbocycles. The molecule has 0 saturated heterocycles. The monoisotopic (exact) mass is 1570 g/mol. The van der Waals surface area contributed by atoms with Crippen LogP contribution in [0.2, 0.25) is 0 Å². The van der Waals surface area contributed by atoms with Gasteiger partial charge in [0, 0.05) is 60.4 Å². The SMILES string of the molecule is CNCCn1c([C@@]23CC[C@]4(C)[C@H](CC[C@@H]5[C@@](C)(CC[C@H](OC(=O)CC(C)(C)C(=O)Oc6cc(-n7c(=O)cc([C@@]89CC[C@]%10(C)[C@H](CC[C@@H]%11[C@@]%12(C)CC[C@H](OC(=O)CC(C)(C)C(=O)O)C(C)(C)[C@@H]%12CC[C@]%11%10C)C8=C(C(C)C)C(=O)C9)n7CCN)ccc6F)C(C)(C)C)CCC[C@]54C)C2=C(C(C)C)C(=O)C3)cc(=O)n1-c1ccc(F)cc1. The van der Waals surface area contributed by atoms with Gasteiger partial charge in [-0.15, -0.1) is 0 Å². The molecular weight excluding hydrogens is 1440 g/mol. The summed E-state index contributed by atoms with van der Waals surface area (Å²) in [5.41, 5.74) is 6.31. The average Bonchev–Trinajstić information content (AvgIpc) is 1.30. The van der Waals surface area contributed by atoms with Crippen LogP contribution < -0.4 is 26.9 Å². The number of nitrogens with one attached hydrogen (secondary N) is 1. The summed E-state index contributed by atoms with van der Waals surface area (Å²) in [6, 6.07) is 13.4. The summed E-state index contributed by atoms with van der Waals surface area (Å²) in [6.07, 6.45) is 13.5. The van der Waals surface area contributed by atoms with Crippen LogP contribution in [0.25, 0.3) is 11.4 Å². The zero-order valence-corrected chi connectivity index (χ0v) is 72.1. The molecule has 0 aliphatic heterocycles. The first-order valence-corrected chi connectivity index (χ1v) is 43.1. The zero-order valence-electron chi connectivity index (χ0n) is 72.1. The number of carbonyl (C=O) groups excluding carboxylic acids is 5. The Morgan fingerprint density at radius 3 is 1.66 bits per heavy atom. The lowest BCUT2D eigenvalue weighted by atomic mass is 9.33. The van der Waals surface area contributed by atoms with E-state index in [0.29, 0.717) is 68.4 Å². The van der Waals surface area contributed by atoms with Crippen molar-refractivity contribution in [3.05, 3.63) is 121 Å². The molecule has 0 radical (unpaired) electrons. The van der Waals surface area contributed by atoms with E-state index >= 15 is 14.0 Å². The molecule has 0 unspecified atom stereocenters. The maximum Gasteiger partial charge on any atom is 0.317 e. The molecule has 0 bridgehead atoms. The summed E-state index contributed by atoms with van der Waals surface area (Å²) in [4.78, 5) is 114. The van der Waals surface area contributed by atoms with E-state index in [1.165, 1.54) is 40.6 Å². The number of halogens is 2. The fraction of sp³-hybridized carbons (Fsp3) is 0.702. The second-order valence-corrected chi connectivity index (χ2v) is 42.1. The van der Waals surface area contributed by atoms with Crippen LogP contribution in [-0.4, -0.2) is 91.6 Å². The number of rotatable bonds is 23. The molecule has 9 aliphatic carbocycles. The highest BCUT2D eigenvalue weighted by Gasteiger charge is 2.72. The second kappa shape index (κ2) is 29.5. The summed E-state index contributed by atoms with van der Waals surface area (Å²) < 4.78 is 56.7. The fourth-order valence-electron chi connectivity index (χ4n) is 26.8. The Balaban J connectivity index is 0.710. The highest BCUT2D eigenvalue weighted by Crippen LogP contribution is 2.78. The Kier molecular flexibility index (Phi) is 21.9. The number of benzene rings is 2. The number of Topliss-reactive ketones (excluding diaryl/α,β-unsaturated/α-hetero) is 2. The van der Waals surface area contributed by atoms with Crippen molar-refractivity contribution in [1.29, 1.82) is 0 Å². The number of nitrogens with zero attached hydrogens (tertiary/aromatic N) is 4. The quantitative estimate of drug-likeness (QED) is 0.0462. The van der Waals surface area contributed by atoms with Gasteiger partial charge in [-0.2, -0.15) is 0 Å². The van der Waals surface area contributed by atoms with Crippen molar-refractivity contribution in [2.45, 2.75) is 303 Å². The maximum absolute atomic E-state index is 16.4. The normalized spacial score (nSPS) is 32.9. The molecule has 18 nitrogen and oxygen atoms in total. The number of ketones is 2. The van der Waals surface area contributed by atoms with Crippen molar-refractivity contribution in [3.63, 3.8) is 0 Å². The number of ether oxygens (including phenoxy) is 3. The number of carboxylic acids is 1. The molecule has 9 aliphatic rings. The molecule has 2 heterocycles. The Morgan fingerprint density at radius 1 is 0.596 bits per heavy atom. The van der Waals surface area contributed by atoms with Gasteiger partial charge in [0.05, 0.1) is 59.5 Å². The number of aromatic nitrogens is 4. The minimum Gasteiger partial charge on any atom is -0.481 e. The van der Waals surface area contributed by atoms with Gasteiger partial charge in [0.15, 0.2) is 23.1 Å². The van der Waals surface area contributed by atoms with Crippen molar-refractivity contribution < 1.29 is 56.9 Å². The van der Waals surface area contributed by atoms with Crippen LogP contribution in [0.4, 0.5) is 8.78 Å². The minimum atomic E-state index is -1.50. The highest BCUT2D eigenvalue weighted by atomic mass is 19.1. The Bertz CT molecular complexity index is 4690. The van der Waals surface area contributed by atoms with Crippen molar-refractivity contribution in [2.24, 2.45) is 101 Å². The number of aliphatic carboxylic acids is 1. The van der Waals surface area contributed by atoms with Gasteiger partial charge in [0.25, 0.3) is 11.1 Å². The molecule has 4 N–H and O–H groups in total. The number of carboxylic acid groups (broad SMARTS) is 1. The molecule has 0 spiro atoms. The summed E-state index contributed by atoms with van der Waals surface area (Å²) in [7, 11) is 1.88. The zero-order chi connectivity index (χ0) is 83.3. The van der Waals surface area contributed by atoms with Gasteiger partial charge in [-0.25, -0.2) is 18.1 Å². The summed E-state index contributed by atoms with van der Waals surface area (Å²) in [5, 5.41) is 13.1. The maximum atomic E-state index is 16.4. The minimum absolute atomic E-state index is 0.0153. The van der Waals surface area contributed by atoms with E-state index in [9.17, 15) is 38.3 Å². The molecule has 20 heteroatoms. The third kappa shape index (κ3) is 13.4. The van der Waals surface area contributed by atoms with Gasteiger partial charge in [-0.1, -0.05) is 110 Å². The molecule has 2 aromatic heterocycles. The third-order valence-corrected chi connectivity index (χ3v) is 32.9. The molecule has 7 saturated carbocycles. The van der Waals surface area contributed by atoms with Gasteiger partial charge in [0.1, 0.15) is 18.0 Å². The average molecular weight is 1580 g/mol. The van der Waals surface area contributed by atoms with Gasteiger partial charge < -0.3 is 30.4 Å². The van der Waals surface area contributed by atoms with E-state index in [1.807, 2.05) is 11.7 Å². The Labute approximate surface area is 674 Å². The molecule has 0 amide bonds. The molecule has 15 atom stereocenters. The lowest BCUT2D eigenvalue weighted by Crippen LogP contribution is -2.66. The number of fused-ring (bicyclic) bond motifs is 12. The second-order valence-electron chi connectivity index (χ2n) is 42.1. The molecule has 7 fully saturated rings. The van der Waals surface area contributed by atoms with Crippen LogP contribution in [0.1, 0.15) is 278 Å². The molecule has 4 aromatic rings. The van der Waals surface area contributed by atoms with Crippen LogP contribution in [-0.2, 0) is 62.2 Å². The summed E-state index contributed by atoms with van der Waals surface area (Å²) >= 11 is 0. The van der Waals surface area contributed by atoms with E-state index in [0.717, 1.165) is 106 Å². The van der Waals surface area contributed by atoms with Crippen LogP contribution in [0.5, 0.6) is 5.75 Å². The lowest BCUT2D eigenvalue weighted by molar-refractivity contribution is -0.232. The van der Waals surface area contributed by atoms with Gasteiger partial charge in [-0.05, 0) is 275 Å². The number of esters is 3. The van der Waals surface area contributed by atoms with E-state index in [-0.39, 0.29) is 135 Å². The largest absolute Gasteiger partial charge is 0.481 e. The molecule has 114 heavy (non-hydrogen) atoms. The lowest BCUT2D eigenvalue weighted by Gasteiger charge is -2.72. The predicted molar refractivity (Wildman–Crippen MR) is 437 cm³/mol. The predicted octanol–water partition coefficient (Wildman–Crippen LogP) is 17.6. The van der Waals surface area contributed by atoms with Gasteiger partial charge in [0.2, 0.25) is 0 Å². The van der Waals surface area contributed by atoms with E-state index in [4.69, 9.17) is 19.9 Å². The van der Waals surface area contributed by atoms with Crippen LogP contribution in [0.3, 0.4) is 0 Å². The van der Waals surface area contributed by atoms with Crippen LogP contribution in [0.15, 0.2) is 86.5 Å². The van der Waals surface area contributed by atoms with Crippen LogP contribution in [0, 0.1) is 107 Å². The van der Waals surface area contributed by atoms with E-state index < -0.39 is 74.2 Å². The van der Waals surface area contributed by atoms with E-state index in [2.05, 4.69) is 114 Å². The number of allylic oxidation sites excluding steroid dienone is 4. The topological polar surface area (TPSA) is 242 Å². The smallest absolute Gasteiger partial charge is 0.317 e. The number of carbonyl (C=O) groups is 6. The van der Waals surface area contributed by atoms with Gasteiger partial charge >= 0.3 is 23.9 Å². The van der Waals surface area contributed by atoms with Crippen LogP contribution >= 0.6 is 0 Å². The van der Waals surface area contributed by atoms with Gasteiger partial charge in [-0.3, -0.25) is 47.7 Å². The molecule has 13 rings (SSSR count). The first-order valence-electron chi connectivity index (χ1n) is 43.1. The van der Waals surface area contributed by atoms with Crippen molar-refractivity contribution in [1.82, 2.24) is 24.0 Å². The van der Waals surface area contributed by atoms with Crippen molar-refractivity contribution >= 4 is 35.4 Å². The summed E-state index contributed by atoms with van der Waals surface area (Å²) in [6.45, 7) is 41.7. The Morgan fingerprint density at radius 2 is 1.12 bits per heavy atom. The fourth-order valence-corrected chi connectivity index (χ4v) is 26.8. The third-order valence-electron chi connectivity index (χ3n) is 32.9. The van der Waals surface area contributed by atoms with E-state index in [1.54, 1.807) is 56.6 Å². The summed E-state index contributed by atoms with van der Waals surface area (Å²) in [5.74, 6) is -3.50. The number of hydrogen-bond donors (Lipinski definition) is 3. The van der Waals surface area contributed by atoms with Crippen molar-refractivity contribution in [3.8, 4) is 17.1 Å². The molecule has 624 valence electrons. The Hall–Kier alpha value is -7.06. The first kappa shape index (κ1) is 84.8. The number of nitrogens with two attached hydrogens (primary N) is 1. The highest BCUT2D eigenvalue weighted by molar-refractivity contribution is 6.02. The standard InChI is InChI=1S/C94H132F2N6O12/c1-55(2)77-64(104)52-94(70-50-73(105)101(100(70)47-45-98-20)58-24-22-57(95)23-25-58)42-40-89(16)60(79(77)94)27-30-67-87(14,35-21-36-91(67,89)18)37-33-71(83(5,6)7)113-76(108)54-85(10,11)82(111)112-65-48-59(26-29-62(65)96)102-74(106)49-69(99(102)46-44-97)93-43-41-90(17)61(80(93)78(56(3)4)63(103)51-93)28-31-68-88(15)38-34-72(114-75(107)53-84(8,9)81(109)110)86(12,13)66(88)32-39-92(68,90)19/h22-26,29,48-50,55-56,60-61,66-68,71-72,98H,21,27-28,30-47,51-54,97H2,1-20H3,(H,109,110)/t60-,61-,66+,67-,68-,71+,72+,87-,88+,89-,90-,91-,92-,93+,94+/m1/s1. The molecular formula is C94H132F2N6O12.